The lowest BCUT2D eigenvalue weighted by molar-refractivity contribution is -0.142. The Morgan fingerprint density at radius 3 is 1.75 bits per heavy atom. The molecule has 4 nitrogen and oxygen atoms in total. The third kappa shape index (κ3) is 7.31. The largest absolute Gasteiger partial charge is 0.462 e. The molecule has 0 heterocycles. The van der Waals surface area contributed by atoms with Crippen molar-refractivity contribution in [3.8, 4) is 0 Å². The van der Waals surface area contributed by atoms with Gasteiger partial charge >= 0.3 is 11.9 Å². The molecule has 0 aliphatic heterocycles. The molecule has 0 aromatic heterocycles. The summed E-state index contributed by atoms with van der Waals surface area (Å²) in [5.74, 6) is -0.792. The number of carbonyl (C=O) groups is 2. The summed E-state index contributed by atoms with van der Waals surface area (Å²) >= 11 is 0. The number of hydrogen-bond acceptors (Lipinski definition) is 4. The number of carbonyl (C=O) groups excluding carboxylic acids is 2. The van der Waals surface area contributed by atoms with E-state index in [1.165, 1.54) is 0 Å². The normalized spacial score (nSPS) is 11.8. The third-order valence-electron chi connectivity index (χ3n) is 2.97. The number of hydrogen-bond donors (Lipinski definition) is 0. The van der Waals surface area contributed by atoms with Crippen LogP contribution in [-0.2, 0) is 19.1 Å². The fourth-order valence-electron chi connectivity index (χ4n) is 1.63. The maximum Gasteiger partial charge on any atom is 0.334 e. The summed E-state index contributed by atoms with van der Waals surface area (Å²) in [7, 11) is 0. The van der Waals surface area contributed by atoms with Crippen LogP contribution < -0.4 is 0 Å². The summed E-state index contributed by atoms with van der Waals surface area (Å²) in [6, 6.07) is 0. The van der Waals surface area contributed by atoms with Crippen molar-refractivity contribution in [3.63, 3.8) is 0 Å². The van der Waals surface area contributed by atoms with Crippen LogP contribution in [-0.4, -0.2) is 25.2 Å². The molecule has 0 radical (unpaired) electrons. The molecule has 0 aliphatic rings. The van der Waals surface area contributed by atoms with Gasteiger partial charge in [0.15, 0.2) is 0 Å². The molecule has 0 saturated carbocycles. The van der Waals surface area contributed by atoms with E-state index in [1.807, 2.05) is 20.8 Å². The highest BCUT2D eigenvalue weighted by Gasteiger charge is 2.19. The molecule has 116 valence electrons. The minimum atomic E-state index is -0.408. The van der Waals surface area contributed by atoms with Crippen molar-refractivity contribution in [3.05, 3.63) is 11.1 Å². The molecule has 0 aliphatic carbocycles. The second-order valence-electron chi connectivity index (χ2n) is 4.83. The quantitative estimate of drug-likeness (QED) is 0.348. The summed E-state index contributed by atoms with van der Waals surface area (Å²) in [5, 5.41) is 0. The molecule has 4 heteroatoms. The van der Waals surface area contributed by atoms with Crippen LogP contribution in [0.1, 0.15) is 66.2 Å². The van der Waals surface area contributed by atoms with E-state index in [0.717, 1.165) is 32.1 Å². The molecular formula is C16H28O4. The van der Waals surface area contributed by atoms with Crippen LogP contribution >= 0.6 is 0 Å². The van der Waals surface area contributed by atoms with Gasteiger partial charge in [0.1, 0.15) is 0 Å². The molecule has 0 bridgehead atoms. The first-order chi connectivity index (χ1) is 9.58. The predicted molar refractivity (Wildman–Crippen MR) is 79.3 cm³/mol. The van der Waals surface area contributed by atoms with E-state index < -0.39 is 5.97 Å². The summed E-state index contributed by atoms with van der Waals surface area (Å²) in [6.07, 6.45) is 4.95. The number of unbranched alkanes of at least 4 members (excludes halogenated alkanes) is 2. The third-order valence-corrected chi connectivity index (χ3v) is 2.97. The minimum absolute atomic E-state index is 0.379. The Morgan fingerprint density at radius 2 is 1.30 bits per heavy atom. The van der Waals surface area contributed by atoms with Crippen molar-refractivity contribution >= 4 is 11.9 Å². The second-order valence-corrected chi connectivity index (χ2v) is 4.83. The zero-order chi connectivity index (χ0) is 15.4. The van der Waals surface area contributed by atoms with Crippen molar-refractivity contribution in [2.75, 3.05) is 13.2 Å². The highest BCUT2D eigenvalue weighted by atomic mass is 16.5. The molecule has 0 amide bonds. The highest BCUT2D eigenvalue weighted by molar-refractivity contribution is 5.99. The molecule has 0 rings (SSSR count). The Bertz CT molecular complexity index is 331. The molecule has 0 aromatic rings. The average molecular weight is 284 g/mol. The van der Waals surface area contributed by atoms with E-state index in [2.05, 4.69) is 0 Å². The summed E-state index contributed by atoms with van der Waals surface area (Å²) in [4.78, 5) is 23.9. The van der Waals surface area contributed by atoms with Gasteiger partial charge < -0.3 is 9.47 Å². The van der Waals surface area contributed by atoms with Gasteiger partial charge in [-0.1, -0.05) is 40.0 Å². The first-order valence-electron chi connectivity index (χ1n) is 7.62. The van der Waals surface area contributed by atoms with Gasteiger partial charge in [-0.15, -0.1) is 0 Å². The summed E-state index contributed by atoms with van der Waals surface area (Å²) in [6.45, 7) is 8.48. The van der Waals surface area contributed by atoms with E-state index in [0.29, 0.717) is 30.8 Å². The van der Waals surface area contributed by atoms with E-state index in [1.54, 1.807) is 6.92 Å². The minimum Gasteiger partial charge on any atom is -0.462 e. The topological polar surface area (TPSA) is 52.6 Å². The zero-order valence-electron chi connectivity index (χ0n) is 13.3. The number of ether oxygens (including phenoxy) is 2. The SMILES string of the molecule is CCCCOC(=O)C(C)=C(CCC)C(=O)OCCCC. The van der Waals surface area contributed by atoms with E-state index >= 15 is 0 Å². The maximum atomic E-state index is 12.0. The summed E-state index contributed by atoms with van der Waals surface area (Å²) in [5.41, 5.74) is 0.828. The first-order valence-corrected chi connectivity index (χ1v) is 7.62. The Hall–Kier alpha value is -1.32. The number of rotatable bonds is 10. The molecule has 0 fully saturated rings. The van der Waals surface area contributed by atoms with Crippen LogP contribution in [0.15, 0.2) is 11.1 Å². The van der Waals surface area contributed by atoms with Gasteiger partial charge in [-0.25, -0.2) is 9.59 Å². The molecule has 0 spiro atoms. The van der Waals surface area contributed by atoms with Crippen LogP contribution in [0.25, 0.3) is 0 Å². The van der Waals surface area contributed by atoms with Crippen LogP contribution in [0.2, 0.25) is 0 Å². The van der Waals surface area contributed by atoms with Crippen LogP contribution in [0.3, 0.4) is 0 Å². The van der Waals surface area contributed by atoms with Gasteiger partial charge in [0.25, 0.3) is 0 Å². The standard InChI is InChI=1S/C16H28O4/c1-5-8-11-19-15(17)13(4)14(10-7-3)16(18)20-12-9-6-2/h5-12H2,1-4H3. The Kier molecular flexibility index (Phi) is 10.7. The van der Waals surface area contributed by atoms with Gasteiger partial charge in [-0.2, -0.15) is 0 Å². The Morgan fingerprint density at radius 1 is 0.800 bits per heavy atom. The molecular weight excluding hydrogens is 256 g/mol. The number of esters is 2. The Labute approximate surface area is 122 Å². The van der Waals surface area contributed by atoms with Gasteiger partial charge in [0, 0.05) is 11.1 Å². The highest BCUT2D eigenvalue weighted by Crippen LogP contribution is 2.15. The lowest BCUT2D eigenvalue weighted by Gasteiger charge is -2.11. The first kappa shape index (κ1) is 18.7. The molecule has 0 atom stereocenters. The van der Waals surface area contributed by atoms with Gasteiger partial charge in [-0.05, 0) is 26.2 Å². The van der Waals surface area contributed by atoms with Crippen molar-refractivity contribution in [1.82, 2.24) is 0 Å². The zero-order valence-corrected chi connectivity index (χ0v) is 13.3. The lowest BCUT2D eigenvalue weighted by Crippen LogP contribution is -2.16. The smallest absolute Gasteiger partial charge is 0.334 e. The van der Waals surface area contributed by atoms with Crippen molar-refractivity contribution in [2.24, 2.45) is 0 Å². The van der Waals surface area contributed by atoms with E-state index in [9.17, 15) is 9.59 Å². The van der Waals surface area contributed by atoms with Gasteiger partial charge in [0.05, 0.1) is 13.2 Å². The average Bonchev–Trinajstić information content (AvgIpc) is 2.44. The fourth-order valence-corrected chi connectivity index (χ4v) is 1.63. The van der Waals surface area contributed by atoms with Gasteiger partial charge in [-0.3, -0.25) is 0 Å². The van der Waals surface area contributed by atoms with E-state index in [4.69, 9.17) is 9.47 Å². The molecule has 0 N–H and O–H groups in total. The molecule has 20 heavy (non-hydrogen) atoms. The lowest BCUT2D eigenvalue weighted by atomic mass is 10.0. The Balaban J connectivity index is 4.68. The molecule has 0 aromatic carbocycles. The van der Waals surface area contributed by atoms with Crippen molar-refractivity contribution in [1.29, 1.82) is 0 Å². The van der Waals surface area contributed by atoms with Crippen molar-refractivity contribution in [2.45, 2.75) is 66.2 Å². The van der Waals surface area contributed by atoms with Crippen LogP contribution in [0.4, 0.5) is 0 Å². The fraction of sp³-hybridized carbons (Fsp3) is 0.750. The maximum absolute atomic E-state index is 12.0. The molecule has 0 unspecified atom stereocenters. The second kappa shape index (κ2) is 11.5. The molecule has 0 saturated heterocycles. The van der Waals surface area contributed by atoms with Gasteiger partial charge in [0.2, 0.25) is 0 Å². The van der Waals surface area contributed by atoms with Crippen LogP contribution in [0.5, 0.6) is 0 Å². The van der Waals surface area contributed by atoms with Crippen LogP contribution in [0, 0.1) is 0 Å². The van der Waals surface area contributed by atoms with E-state index in [-0.39, 0.29) is 5.97 Å². The monoisotopic (exact) mass is 284 g/mol. The predicted octanol–water partition coefficient (Wildman–Crippen LogP) is 3.79. The van der Waals surface area contributed by atoms with Crippen molar-refractivity contribution < 1.29 is 19.1 Å². The summed E-state index contributed by atoms with van der Waals surface area (Å²) < 4.78 is 10.3.